The van der Waals surface area contributed by atoms with E-state index < -0.39 is 29.4 Å². The number of hydrogen-bond donors (Lipinski definition) is 7. The maximum Gasteiger partial charge on any atom is 0.326 e. The van der Waals surface area contributed by atoms with Gasteiger partial charge in [0, 0.05) is 30.8 Å². The van der Waals surface area contributed by atoms with Crippen LogP contribution in [0.5, 0.6) is 0 Å². The Bertz CT molecular complexity index is 1080. The van der Waals surface area contributed by atoms with Crippen molar-refractivity contribution >= 4 is 41.0 Å². The maximum atomic E-state index is 12.3. The molecule has 3 rings (SSSR count). The number of aliphatic carboxylic acids is 2. The van der Waals surface area contributed by atoms with Gasteiger partial charge in [0.1, 0.15) is 17.5 Å². The van der Waals surface area contributed by atoms with Gasteiger partial charge >= 0.3 is 11.9 Å². The minimum Gasteiger partial charge on any atom is -0.481 e. The number of carboxylic acids is 2. The normalized spacial score (nSPS) is 13.1. The van der Waals surface area contributed by atoms with Crippen molar-refractivity contribution in [1.82, 2.24) is 14.9 Å². The van der Waals surface area contributed by atoms with Crippen molar-refractivity contribution in [2.75, 3.05) is 34.8 Å². The van der Waals surface area contributed by atoms with Crippen LogP contribution in [0.3, 0.4) is 0 Å². The molecular formula is C19H23N7O6. The van der Waals surface area contributed by atoms with Crippen LogP contribution < -0.4 is 32.6 Å². The Labute approximate surface area is 181 Å². The van der Waals surface area contributed by atoms with E-state index in [0.717, 1.165) is 0 Å². The number of nitrogens with one attached hydrogen (secondary N) is 4. The van der Waals surface area contributed by atoms with E-state index in [2.05, 4.69) is 26.3 Å². The van der Waals surface area contributed by atoms with Gasteiger partial charge in [-0.2, -0.15) is 4.98 Å². The standard InChI is InChI=1S/C19H23N7O6/c20-19-25-17(30)14-15(22-8-7-21-14)26(19)9-23-11-3-1-10(2-4-11)16(29)24-12(18(31)32)5-6-13(27)28/h1-4,12,21-23H,5-9H2,(H,24,29)(H,27,28)(H,31,32)(H2,20,25,30)/t12-/m0/s1. The van der Waals surface area contributed by atoms with Crippen LogP contribution in [0, 0.1) is 0 Å². The van der Waals surface area contributed by atoms with Crippen molar-refractivity contribution in [3.8, 4) is 0 Å². The molecule has 2 heterocycles. The van der Waals surface area contributed by atoms with Gasteiger partial charge in [0.15, 0.2) is 0 Å². The molecule has 0 radical (unpaired) electrons. The highest BCUT2D eigenvalue weighted by Crippen LogP contribution is 2.22. The van der Waals surface area contributed by atoms with Gasteiger partial charge in [-0.05, 0) is 30.7 Å². The Morgan fingerprint density at radius 3 is 2.50 bits per heavy atom. The molecule has 0 bridgehead atoms. The molecule has 0 unspecified atom stereocenters. The first-order valence-corrected chi connectivity index (χ1v) is 9.73. The fourth-order valence-corrected chi connectivity index (χ4v) is 3.12. The Morgan fingerprint density at radius 1 is 1.16 bits per heavy atom. The zero-order chi connectivity index (χ0) is 23.3. The zero-order valence-electron chi connectivity index (χ0n) is 16.9. The third kappa shape index (κ3) is 5.24. The number of nitrogens with two attached hydrogens (primary N) is 1. The van der Waals surface area contributed by atoms with Crippen molar-refractivity contribution in [2.24, 2.45) is 0 Å². The van der Waals surface area contributed by atoms with Gasteiger partial charge in [-0.25, -0.2) is 4.79 Å². The fourth-order valence-electron chi connectivity index (χ4n) is 3.12. The molecule has 13 nitrogen and oxygen atoms in total. The molecule has 0 saturated carbocycles. The number of amides is 1. The fraction of sp³-hybridized carbons (Fsp3) is 0.316. The summed E-state index contributed by atoms with van der Waals surface area (Å²) >= 11 is 0. The van der Waals surface area contributed by atoms with E-state index in [-0.39, 0.29) is 31.0 Å². The molecule has 2 aromatic rings. The quantitative estimate of drug-likeness (QED) is 0.269. The predicted molar refractivity (Wildman–Crippen MR) is 116 cm³/mol. The number of benzene rings is 1. The molecule has 1 aromatic heterocycles. The second-order valence-electron chi connectivity index (χ2n) is 6.99. The highest BCUT2D eigenvalue weighted by Gasteiger charge is 2.22. The van der Waals surface area contributed by atoms with Crippen molar-refractivity contribution in [3.05, 3.63) is 40.2 Å². The SMILES string of the molecule is Nc1nc(=O)c2c(n1CNc1ccc(C(=O)N[C@@H](CCC(=O)O)C(=O)O)cc1)NCCN2. The minimum absolute atomic E-state index is 0.0366. The van der Waals surface area contributed by atoms with Crippen LogP contribution in [0.25, 0.3) is 0 Å². The minimum atomic E-state index is -1.31. The molecule has 32 heavy (non-hydrogen) atoms. The molecule has 1 aliphatic rings. The number of anilines is 4. The Hall–Kier alpha value is -4.29. The van der Waals surface area contributed by atoms with E-state index >= 15 is 0 Å². The molecule has 0 fully saturated rings. The van der Waals surface area contributed by atoms with Crippen LogP contribution in [0.4, 0.5) is 23.1 Å². The third-order valence-corrected chi connectivity index (χ3v) is 4.77. The lowest BCUT2D eigenvalue weighted by molar-refractivity contribution is -0.140. The number of fused-ring (bicyclic) bond motifs is 1. The first-order chi connectivity index (χ1) is 15.3. The number of hydrogen-bond acceptors (Lipinski definition) is 9. The summed E-state index contributed by atoms with van der Waals surface area (Å²) in [4.78, 5) is 50.0. The Morgan fingerprint density at radius 2 is 1.84 bits per heavy atom. The molecule has 1 aliphatic heterocycles. The Balaban J connectivity index is 1.65. The summed E-state index contributed by atoms with van der Waals surface area (Å²) in [5.74, 6) is -2.52. The summed E-state index contributed by atoms with van der Waals surface area (Å²) < 4.78 is 1.60. The van der Waals surface area contributed by atoms with Crippen LogP contribution >= 0.6 is 0 Å². The summed E-state index contributed by atoms with van der Waals surface area (Å²) in [6.45, 7) is 1.39. The molecule has 1 atom stereocenters. The van der Waals surface area contributed by atoms with Crippen molar-refractivity contribution in [1.29, 1.82) is 0 Å². The highest BCUT2D eigenvalue weighted by atomic mass is 16.4. The van der Waals surface area contributed by atoms with Crippen LogP contribution in [-0.2, 0) is 16.3 Å². The van der Waals surface area contributed by atoms with E-state index in [1.165, 1.54) is 12.1 Å². The number of rotatable bonds is 9. The van der Waals surface area contributed by atoms with E-state index in [4.69, 9.17) is 15.9 Å². The lowest BCUT2D eigenvalue weighted by Crippen LogP contribution is -2.41. The summed E-state index contributed by atoms with van der Waals surface area (Å²) in [6, 6.07) is 4.92. The monoisotopic (exact) mass is 445 g/mol. The lowest BCUT2D eigenvalue weighted by atomic mass is 10.1. The summed E-state index contributed by atoms with van der Waals surface area (Å²) in [5, 5.41) is 29.4. The van der Waals surface area contributed by atoms with E-state index in [1.54, 1.807) is 16.7 Å². The van der Waals surface area contributed by atoms with Crippen molar-refractivity contribution < 1.29 is 24.6 Å². The van der Waals surface area contributed by atoms with Crippen LogP contribution in [-0.4, -0.2) is 56.7 Å². The third-order valence-electron chi connectivity index (χ3n) is 4.77. The van der Waals surface area contributed by atoms with Gasteiger partial charge in [-0.15, -0.1) is 0 Å². The van der Waals surface area contributed by atoms with E-state index in [0.29, 0.717) is 30.3 Å². The van der Waals surface area contributed by atoms with Gasteiger partial charge in [-0.1, -0.05) is 0 Å². The summed E-state index contributed by atoms with van der Waals surface area (Å²) in [5.41, 5.74) is 6.64. The second kappa shape index (κ2) is 9.68. The number of carbonyl (C=O) groups excluding carboxylic acids is 1. The molecule has 1 amide bonds. The van der Waals surface area contributed by atoms with Gasteiger partial charge in [0.2, 0.25) is 5.95 Å². The van der Waals surface area contributed by atoms with Gasteiger partial charge in [0.05, 0.1) is 6.67 Å². The zero-order valence-corrected chi connectivity index (χ0v) is 16.9. The van der Waals surface area contributed by atoms with Crippen LogP contribution in [0.15, 0.2) is 29.1 Å². The van der Waals surface area contributed by atoms with Gasteiger partial charge in [-0.3, -0.25) is 19.0 Å². The molecule has 170 valence electrons. The number of carbonyl (C=O) groups is 3. The van der Waals surface area contributed by atoms with Crippen molar-refractivity contribution in [3.63, 3.8) is 0 Å². The Kier molecular flexibility index (Phi) is 6.77. The molecular weight excluding hydrogens is 422 g/mol. The lowest BCUT2D eigenvalue weighted by Gasteiger charge is -2.24. The molecule has 13 heteroatoms. The number of carboxylic acid groups (broad SMARTS) is 2. The van der Waals surface area contributed by atoms with Crippen LogP contribution in [0.2, 0.25) is 0 Å². The number of aromatic nitrogens is 2. The largest absolute Gasteiger partial charge is 0.481 e. The van der Waals surface area contributed by atoms with E-state index in [9.17, 15) is 19.2 Å². The molecule has 0 spiro atoms. The van der Waals surface area contributed by atoms with Crippen LogP contribution in [0.1, 0.15) is 23.2 Å². The smallest absolute Gasteiger partial charge is 0.326 e. The average molecular weight is 445 g/mol. The predicted octanol–water partition coefficient (Wildman–Crippen LogP) is -0.220. The summed E-state index contributed by atoms with van der Waals surface area (Å²) in [7, 11) is 0. The van der Waals surface area contributed by atoms with Gasteiger partial charge in [0.25, 0.3) is 11.5 Å². The molecule has 8 N–H and O–H groups in total. The van der Waals surface area contributed by atoms with Gasteiger partial charge < -0.3 is 37.2 Å². The number of nitrogens with zero attached hydrogens (tertiary/aromatic N) is 2. The first-order valence-electron chi connectivity index (χ1n) is 9.73. The molecule has 0 aliphatic carbocycles. The second-order valence-corrected chi connectivity index (χ2v) is 6.99. The summed E-state index contributed by atoms with van der Waals surface area (Å²) in [6.07, 6.45) is -0.602. The molecule has 0 saturated heterocycles. The molecule has 1 aromatic carbocycles. The first kappa shape index (κ1) is 22.4. The maximum absolute atomic E-state index is 12.3. The van der Waals surface area contributed by atoms with Crippen molar-refractivity contribution in [2.45, 2.75) is 25.6 Å². The highest BCUT2D eigenvalue weighted by molar-refractivity contribution is 5.96. The average Bonchev–Trinajstić information content (AvgIpc) is 2.76. The van der Waals surface area contributed by atoms with E-state index in [1.807, 2.05) is 0 Å². The number of nitrogen functional groups attached to an aromatic ring is 1. The topological polar surface area (TPSA) is 201 Å².